The molecule has 1 heterocycles. The molecule has 2 rings (SSSR count). The molecule has 1 N–H and O–H groups in total. The smallest absolute Gasteiger partial charge is 0.253 e. The third kappa shape index (κ3) is 3.80. The molecule has 110 valence electrons. The molecule has 1 aliphatic heterocycles. The van der Waals surface area contributed by atoms with Gasteiger partial charge in [-0.05, 0) is 17.9 Å². The van der Waals surface area contributed by atoms with E-state index in [0.717, 1.165) is 5.56 Å². The molecule has 0 saturated carbocycles. The van der Waals surface area contributed by atoms with Crippen LogP contribution in [0.5, 0.6) is 0 Å². The van der Waals surface area contributed by atoms with Crippen molar-refractivity contribution < 1.29 is 17.9 Å². The van der Waals surface area contributed by atoms with Crippen molar-refractivity contribution in [2.45, 2.75) is 12.5 Å². The van der Waals surface area contributed by atoms with E-state index >= 15 is 0 Å². The number of amides is 1. The first-order valence-electron chi connectivity index (χ1n) is 6.58. The second-order valence-corrected chi connectivity index (χ2v) is 7.27. The van der Waals surface area contributed by atoms with Gasteiger partial charge in [-0.1, -0.05) is 30.3 Å². The molecular formula is C14H19NO4S. The predicted molar refractivity (Wildman–Crippen MR) is 76.0 cm³/mol. The number of nitrogens with one attached hydrogen (secondary N) is 1. The van der Waals surface area contributed by atoms with Crippen molar-refractivity contribution in [3.05, 3.63) is 35.9 Å². The van der Waals surface area contributed by atoms with Gasteiger partial charge >= 0.3 is 0 Å². The number of rotatable bonds is 5. The molecule has 1 aromatic rings. The molecule has 1 amide bonds. The van der Waals surface area contributed by atoms with Crippen molar-refractivity contribution >= 4 is 15.7 Å². The van der Waals surface area contributed by atoms with Crippen LogP contribution >= 0.6 is 0 Å². The van der Waals surface area contributed by atoms with Crippen molar-refractivity contribution in [2.24, 2.45) is 5.92 Å². The highest BCUT2D eigenvalue weighted by Gasteiger charge is 2.29. The van der Waals surface area contributed by atoms with E-state index in [1.165, 1.54) is 7.11 Å². The minimum atomic E-state index is -2.90. The molecule has 5 nitrogen and oxygen atoms in total. The number of carbonyl (C=O) groups is 1. The average molecular weight is 297 g/mol. The molecule has 1 saturated heterocycles. The quantitative estimate of drug-likeness (QED) is 0.877. The molecule has 20 heavy (non-hydrogen) atoms. The maximum atomic E-state index is 12.1. The largest absolute Gasteiger partial charge is 0.367 e. The van der Waals surface area contributed by atoms with E-state index in [1.54, 1.807) is 0 Å². The third-order valence-electron chi connectivity index (χ3n) is 3.47. The van der Waals surface area contributed by atoms with Crippen LogP contribution < -0.4 is 5.32 Å². The van der Waals surface area contributed by atoms with E-state index in [2.05, 4.69) is 5.32 Å². The number of hydrogen-bond donors (Lipinski definition) is 1. The van der Waals surface area contributed by atoms with Gasteiger partial charge in [0.15, 0.2) is 15.9 Å². The predicted octanol–water partition coefficient (Wildman–Crippen LogP) is 0.925. The van der Waals surface area contributed by atoms with E-state index in [0.29, 0.717) is 13.0 Å². The van der Waals surface area contributed by atoms with Gasteiger partial charge in [0, 0.05) is 13.7 Å². The molecule has 6 heteroatoms. The zero-order valence-corrected chi connectivity index (χ0v) is 12.2. The first-order chi connectivity index (χ1) is 9.52. The van der Waals surface area contributed by atoms with Crippen LogP contribution in [0.3, 0.4) is 0 Å². The molecular weight excluding hydrogens is 278 g/mol. The van der Waals surface area contributed by atoms with Crippen LogP contribution in [0.1, 0.15) is 18.1 Å². The van der Waals surface area contributed by atoms with Crippen LogP contribution in [0.2, 0.25) is 0 Å². The second-order valence-electron chi connectivity index (χ2n) is 5.04. The third-order valence-corrected chi connectivity index (χ3v) is 5.30. The Morgan fingerprint density at radius 2 is 2.10 bits per heavy atom. The molecule has 0 aromatic heterocycles. The van der Waals surface area contributed by atoms with Crippen LogP contribution in [0.4, 0.5) is 0 Å². The van der Waals surface area contributed by atoms with Gasteiger partial charge in [0.1, 0.15) is 0 Å². The number of hydrogen-bond acceptors (Lipinski definition) is 4. The Labute approximate surface area is 119 Å². The Morgan fingerprint density at radius 3 is 2.65 bits per heavy atom. The molecule has 2 atom stereocenters. The maximum Gasteiger partial charge on any atom is 0.253 e. The molecule has 0 bridgehead atoms. The number of carbonyl (C=O) groups excluding carboxylic acids is 1. The molecule has 0 unspecified atom stereocenters. The van der Waals surface area contributed by atoms with Crippen LogP contribution in [0.25, 0.3) is 0 Å². The van der Waals surface area contributed by atoms with E-state index in [9.17, 15) is 13.2 Å². The van der Waals surface area contributed by atoms with Crippen molar-refractivity contribution in [1.29, 1.82) is 0 Å². The molecule has 1 fully saturated rings. The van der Waals surface area contributed by atoms with Crippen molar-refractivity contribution in [1.82, 2.24) is 5.32 Å². The van der Waals surface area contributed by atoms with Crippen molar-refractivity contribution in [3.8, 4) is 0 Å². The van der Waals surface area contributed by atoms with Crippen molar-refractivity contribution in [2.75, 3.05) is 25.2 Å². The van der Waals surface area contributed by atoms with Crippen LogP contribution in [-0.4, -0.2) is 39.5 Å². The van der Waals surface area contributed by atoms with Gasteiger partial charge < -0.3 is 10.1 Å². The summed E-state index contributed by atoms with van der Waals surface area (Å²) in [6.07, 6.45) is -0.0415. The fraction of sp³-hybridized carbons (Fsp3) is 0.500. The highest BCUT2D eigenvalue weighted by atomic mass is 32.2. The van der Waals surface area contributed by atoms with E-state index < -0.39 is 15.9 Å². The topological polar surface area (TPSA) is 72.5 Å². The zero-order chi connectivity index (χ0) is 14.6. The van der Waals surface area contributed by atoms with E-state index in [4.69, 9.17) is 4.74 Å². The number of ether oxygens (including phenoxy) is 1. The molecule has 0 spiro atoms. The summed E-state index contributed by atoms with van der Waals surface area (Å²) in [4.78, 5) is 12.1. The van der Waals surface area contributed by atoms with Gasteiger partial charge in [-0.3, -0.25) is 4.79 Å². The van der Waals surface area contributed by atoms with E-state index in [-0.39, 0.29) is 23.3 Å². The van der Waals surface area contributed by atoms with Gasteiger partial charge in [-0.25, -0.2) is 8.42 Å². The minimum absolute atomic E-state index is 0.0113. The number of benzene rings is 1. The standard InChI is InChI=1S/C14H19NO4S/c1-19-13(12-5-3-2-4-6-12)14(16)15-9-11-7-8-20(17,18)10-11/h2-6,11,13H,7-10H2,1H3,(H,15,16)/t11-,13+/m1/s1. The zero-order valence-electron chi connectivity index (χ0n) is 11.4. The van der Waals surface area contributed by atoms with Crippen LogP contribution in [0, 0.1) is 5.92 Å². The summed E-state index contributed by atoms with van der Waals surface area (Å²) in [6, 6.07) is 9.22. The van der Waals surface area contributed by atoms with Crippen LogP contribution in [0.15, 0.2) is 30.3 Å². The Morgan fingerprint density at radius 1 is 1.40 bits per heavy atom. The van der Waals surface area contributed by atoms with Crippen LogP contribution in [-0.2, 0) is 19.4 Å². The lowest BCUT2D eigenvalue weighted by atomic mass is 10.1. The SMILES string of the molecule is CO[C@H](C(=O)NC[C@H]1CCS(=O)(=O)C1)c1ccccc1. The molecule has 1 aromatic carbocycles. The Kier molecular flexibility index (Phi) is 4.77. The van der Waals surface area contributed by atoms with Gasteiger partial charge in [0.25, 0.3) is 5.91 Å². The lowest BCUT2D eigenvalue weighted by molar-refractivity contribution is -0.131. The normalized spacial score (nSPS) is 22.4. The first kappa shape index (κ1) is 15.0. The highest BCUT2D eigenvalue weighted by molar-refractivity contribution is 7.91. The summed E-state index contributed by atoms with van der Waals surface area (Å²) < 4.78 is 27.9. The number of sulfone groups is 1. The lowest BCUT2D eigenvalue weighted by Gasteiger charge is -2.17. The molecule has 1 aliphatic rings. The van der Waals surface area contributed by atoms with Crippen molar-refractivity contribution in [3.63, 3.8) is 0 Å². The summed E-state index contributed by atoms with van der Waals surface area (Å²) in [5, 5.41) is 2.78. The van der Waals surface area contributed by atoms with Gasteiger partial charge in [0.2, 0.25) is 0 Å². The summed E-state index contributed by atoms with van der Waals surface area (Å²) in [6.45, 7) is 0.380. The molecule has 0 aliphatic carbocycles. The second kappa shape index (κ2) is 6.37. The van der Waals surface area contributed by atoms with Gasteiger partial charge in [-0.15, -0.1) is 0 Å². The summed E-state index contributed by atoms with van der Waals surface area (Å²) in [7, 11) is -1.42. The Bertz CT molecular complexity index is 556. The first-order valence-corrected chi connectivity index (χ1v) is 8.40. The molecule has 0 radical (unpaired) electrons. The van der Waals surface area contributed by atoms with Gasteiger partial charge in [-0.2, -0.15) is 0 Å². The highest BCUT2D eigenvalue weighted by Crippen LogP contribution is 2.19. The van der Waals surface area contributed by atoms with Gasteiger partial charge in [0.05, 0.1) is 11.5 Å². The fourth-order valence-electron chi connectivity index (χ4n) is 2.39. The number of methoxy groups -OCH3 is 1. The summed E-state index contributed by atoms with van der Waals surface area (Å²) >= 11 is 0. The monoisotopic (exact) mass is 297 g/mol. The summed E-state index contributed by atoms with van der Waals surface area (Å²) in [5.41, 5.74) is 0.784. The average Bonchev–Trinajstić information content (AvgIpc) is 2.78. The minimum Gasteiger partial charge on any atom is -0.367 e. The summed E-state index contributed by atoms with van der Waals surface area (Å²) in [5.74, 6) is 0.163. The Hall–Kier alpha value is -1.40. The lowest BCUT2D eigenvalue weighted by Crippen LogP contribution is -2.34. The Balaban J connectivity index is 1.91. The van der Waals surface area contributed by atoms with E-state index in [1.807, 2.05) is 30.3 Å². The fourth-order valence-corrected chi connectivity index (χ4v) is 4.25. The maximum absolute atomic E-state index is 12.1.